The molecule has 2 aromatic rings. The number of thiophene rings is 1. The molecule has 1 heterocycles. The Hall–Kier alpha value is -1.35. The van der Waals surface area contributed by atoms with Crippen molar-refractivity contribution < 1.29 is 4.79 Å². The van der Waals surface area contributed by atoms with Crippen LogP contribution in [0, 0.1) is 5.92 Å². The number of carbonyl (C=O) groups is 1. The summed E-state index contributed by atoms with van der Waals surface area (Å²) in [5.74, 6) is 0.693. The third kappa shape index (κ3) is 2.52. The maximum Gasteiger partial charge on any atom is 0.252 e. The summed E-state index contributed by atoms with van der Waals surface area (Å²) in [6.45, 7) is 2.25. The molecule has 0 spiro atoms. The average molecular weight is 273 g/mol. The number of carbonyl (C=O) groups excluding carboxylic acids is 1. The fourth-order valence-electron chi connectivity index (χ4n) is 2.93. The summed E-state index contributed by atoms with van der Waals surface area (Å²) in [6, 6.07) is 8.46. The van der Waals surface area contributed by atoms with Gasteiger partial charge < -0.3 is 5.32 Å². The van der Waals surface area contributed by atoms with E-state index in [1.807, 2.05) is 23.6 Å². The number of amides is 1. The number of nitrogens with one attached hydrogen (secondary N) is 1. The molecule has 0 saturated heterocycles. The van der Waals surface area contributed by atoms with Crippen molar-refractivity contribution in [3.63, 3.8) is 0 Å². The van der Waals surface area contributed by atoms with Crippen LogP contribution in [-0.2, 0) is 0 Å². The summed E-state index contributed by atoms with van der Waals surface area (Å²) in [5, 5.41) is 6.29. The van der Waals surface area contributed by atoms with E-state index in [1.165, 1.54) is 24.0 Å². The highest BCUT2D eigenvalue weighted by Crippen LogP contribution is 2.27. The lowest BCUT2D eigenvalue weighted by atomic mass is 9.86. The molecular weight excluding hydrogens is 254 g/mol. The van der Waals surface area contributed by atoms with E-state index in [4.69, 9.17) is 0 Å². The highest BCUT2D eigenvalue weighted by molar-refractivity contribution is 7.17. The van der Waals surface area contributed by atoms with Crippen LogP contribution in [0.5, 0.6) is 0 Å². The Bertz CT molecular complexity index is 589. The van der Waals surface area contributed by atoms with E-state index in [1.54, 1.807) is 11.3 Å². The summed E-state index contributed by atoms with van der Waals surface area (Å²) in [4.78, 5) is 12.4. The van der Waals surface area contributed by atoms with Crippen molar-refractivity contribution in [1.82, 2.24) is 5.32 Å². The van der Waals surface area contributed by atoms with Crippen LogP contribution in [0.4, 0.5) is 0 Å². The summed E-state index contributed by atoms with van der Waals surface area (Å²) in [6.07, 6.45) is 4.89. The Labute approximate surface area is 117 Å². The van der Waals surface area contributed by atoms with Gasteiger partial charge in [-0.25, -0.2) is 0 Å². The van der Waals surface area contributed by atoms with Crippen LogP contribution < -0.4 is 5.32 Å². The summed E-state index contributed by atoms with van der Waals surface area (Å²) in [7, 11) is 0. The second-order valence-corrected chi connectivity index (χ2v) is 6.40. The van der Waals surface area contributed by atoms with Crippen LogP contribution in [0.25, 0.3) is 10.1 Å². The molecule has 1 amide bonds. The summed E-state index contributed by atoms with van der Waals surface area (Å²) in [5.41, 5.74) is 0.832. The van der Waals surface area contributed by atoms with E-state index in [0.29, 0.717) is 12.0 Å². The molecule has 1 aliphatic carbocycles. The highest BCUT2D eigenvalue weighted by Gasteiger charge is 2.24. The van der Waals surface area contributed by atoms with Gasteiger partial charge in [-0.1, -0.05) is 38.0 Å². The normalized spacial score (nSPS) is 23.4. The molecule has 1 aromatic heterocycles. The molecule has 0 bridgehead atoms. The first-order chi connectivity index (χ1) is 9.25. The Morgan fingerprint density at radius 3 is 2.89 bits per heavy atom. The third-order valence-electron chi connectivity index (χ3n) is 4.15. The monoisotopic (exact) mass is 273 g/mol. The third-order valence-corrected chi connectivity index (χ3v) is 5.12. The van der Waals surface area contributed by atoms with Crippen LogP contribution in [0.2, 0.25) is 0 Å². The highest BCUT2D eigenvalue weighted by atomic mass is 32.1. The van der Waals surface area contributed by atoms with E-state index in [2.05, 4.69) is 18.3 Å². The molecule has 3 rings (SSSR count). The largest absolute Gasteiger partial charge is 0.349 e. The predicted octanol–water partition coefficient (Wildman–Crippen LogP) is 4.21. The topological polar surface area (TPSA) is 29.1 Å². The zero-order valence-corrected chi connectivity index (χ0v) is 12.0. The van der Waals surface area contributed by atoms with Gasteiger partial charge in [0, 0.05) is 21.5 Å². The molecule has 0 radical (unpaired) electrons. The number of hydrogen-bond acceptors (Lipinski definition) is 2. The van der Waals surface area contributed by atoms with Crippen LogP contribution >= 0.6 is 11.3 Å². The quantitative estimate of drug-likeness (QED) is 0.872. The lowest BCUT2D eigenvalue weighted by molar-refractivity contribution is 0.0912. The van der Waals surface area contributed by atoms with Gasteiger partial charge in [-0.15, -0.1) is 11.3 Å². The second-order valence-electron chi connectivity index (χ2n) is 5.49. The first kappa shape index (κ1) is 12.7. The average Bonchev–Trinajstić information content (AvgIpc) is 2.85. The Kier molecular flexibility index (Phi) is 3.56. The van der Waals surface area contributed by atoms with Gasteiger partial charge in [0.05, 0.1) is 5.56 Å². The lowest BCUT2D eigenvalue weighted by Gasteiger charge is -2.29. The van der Waals surface area contributed by atoms with Crippen molar-refractivity contribution in [2.45, 2.75) is 38.6 Å². The van der Waals surface area contributed by atoms with E-state index in [9.17, 15) is 4.79 Å². The minimum atomic E-state index is 0.0937. The molecule has 100 valence electrons. The molecule has 3 heteroatoms. The van der Waals surface area contributed by atoms with Gasteiger partial charge in [0.1, 0.15) is 0 Å². The molecule has 2 atom stereocenters. The molecule has 0 aliphatic heterocycles. The lowest BCUT2D eigenvalue weighted by Crippen LogP contribution is -2.40. The van der Waals surface area contributed by atoms with E-state index in [-0.39, 0.29) is 5.91 Å². The standard InChI is InChI=1S/C16H19NOS/c1-11-6-2-4-8-14(11)17-16(18)13-10-19-15-9-5-3-7-12(13)15/h3,5,7,9-11,14H,2,4,6,8H2,1H3,(H,17,18)/t11-,14+/m0/s1. The molecule has 1 aliphatic rings. The minimum absolute atomic E-state index is 0.0937. The Balaban J connectivity index is 1.80. The molecule has 19 heavy (non-hydrogen) atoms. The van der Waals surface area contributed by atoms with Gasteiger partial charge in [-0.3, -0.25) is 4.79 Å². The van der Waals surface area contributed by atoms with Crippen LogP contribution in [0.3, 0.4) is 0 Å². The van der Waals surface area contributed by atoms with Crippen molar-refractivity contribution in [3.05, 3.63) is 35.2 Å². The van der Waals surface area contributed by atoms with Crippen molar-refractivity contribution in [1.29, 1.82) is 0 Å². The second kappa shape index (κ2) is 5.33. The van der Waals surface area contributed by atoms with Gasteiger partial charge in [0.2, 0.25) is 0 Å². The van der Waals surface area contributed by atoms with Crippen LogP contribution in [0.15, 0.2) is 29.6 Å². The summed E-state index contributed by atoms with van der Waals surface area (Å²) < 4.78 is 1.18. The van der Waals surface area contributed by atoms with Crippen molar-refractivity contribution in [2.75, 3.05) is 0 Å². The maximum atomic E-state index is 12.4. The molecule has 1 saturated carbocycles. The Morgan fingerprint density at radius 1 is 1.26 bits per heavy atom. The molecule has 1 aromatic carbocycles. The van der Waals surface area contributed by atoms with E-state index >= 15 is 0 Å². The number of fused-ring (bicyclic) bond motifs is 1. The van der Waals surface area contributed by atoms with Crippen molar-refractivity contribution in [3.8, 4) is 0 Å². The van der Waals surface area contributed by atoms with Gasteiger partial charge >= 0.3 is 0 Å². The number of hydrogen-bond donors (Lipinski definition) is 1. The Morgan fingerprint density at radius 2 is 2.05 bits per heavy atom. The molecule has 0 unspecified atom stereocenters. The predicted molar refractivity (Wildman–Crippen MR) is 80.7 cm³/mol. The molecular formula is C16H19NOS. The van der Waals surface area contributed by atoms with Gasteiger partial charge in [-0.05, 0) is 24.8 Å². The maximum absolute atomic E-state index is 12.4. The van der Waals surface area contributed by atoms with Crippen molar-refractivity contribution >= 4 is 27.3 Å². The van der Waals surface area contributed by atoms with Crippen LogP contribution in [0.1, 0.15) is 43.0 Å². The smallest absolute Gasteiger partial charge is 0.252 e. The summed E-state index contributed by atoms with van der Waals surface area (Å²) >= 11 is 1.64. The fraction of sp³-hybridized carbons (Fsp3) is 0.438. The first-order valence-electron chi connectivity index (χ1n) is 7.03. The van der Waals surface area contributed by atoms with Gasteiger partial charge in [0.25, 0.3) is 5.91 Å². The molecule has 1 N–H and O–H groups in total. The fourth-order valence-corrected chi connectivity index (χ4v) is 3.87. The zero-order chi connectivity index (χ0) is 13.2. The van der Waals surface area contributed by atoms with Gasteiger partial charge in [-0.2, -0.15) is 0 Å². The van der Waals surface area contributed by atoms with Crippen LogP contribution in [-0.4, -0.2) is 11.9 Å². The molecule has 2 nitrogen and oxygen atoms in total. The first-order valence-corrected chi connectivity index (χ1v) is 7.91. The number of rotatable bonds is 2. The molecule has 1 fully saturated rings. The minimum Gasteiger partial charge on any atom is -0.349 e. The van der Waals surface area contributed by atoms with Gasteiger partial charge in [0.15, 0.2) is 0 Å². The van der Waals surface area contributed by atoms with E-state index < -0.39 is 0 Å². The van der Waals surface area contributed by atoms with E-state index in [0.717, 1.165) is 17.4 Å². The SMILES string of the molecule is C[C@H]1CCCC[C@H]1NC(=O)c1csc2ccccc12. The van der Waals surface area contributed by atoms with Crippen molar-refractivity contribution in [2.24, 2.45) is 5.92 Å². The number of benzene rings is 1. The zero-order valence-electron chi connectivity index (χ0n) is 11.2.